The van der Waals surface area contributed by atoms with E-state index in [0.29, 0.717) is 5.69 Å². The Bertz CT molecular complexity index is 689. The third-order valence-electron chi connectivity index (χ3n) is 2.78. The van der Waals surface area contributed by atoms with Gasteiger partial charge in [0.05, 0.1) is 5.69 Å². The molecule has 0 saturated carbocycles. The summed E-state index contributed by atoms with van der Waals surface area (Å²) in [5.41, 5.74) is 6.89. The van der Waals surface area contributed by atoms with Crippen LogP contribution in [0.5, 0.6) is 0 Å². The molecule has 0 aromatic heterocycles. The van der Waals surface area contributed by atoms with E-state index in [4.69, 9.17) is 5.73 Å². The van der Waals surface area contributed by atoms with E-state index in [1.165, 1.54) is 12.1 Å². The fourth-order valence-electron chi connectivity index (χ4n) is 1.71. The van der Waals surface area contributed by atoms with Gasteiger partial charge in [-0.05, 0) is 42.8 Å². The van der Waals surface area contributed by atoms with Gasteiger partial charge in [0.1, 0.15) is 4.99 Å². The van der Waals surface area contributed by atoms with Crippen LogP contribution in [0.4, 0.5) is 20.2 Å². The minimum Gasteiger partial charge on any atom is -0.389 e. The number of anilines is 2. The summed E-state index contributed by atoms with van der Waals surface area (Å²) in [5, 5.41) is 2.83. The molecule has 0 saturated heterocycles. The summed E-state index contributed by atoms with van der Waals surface area (Å²) < 4.78 is 28.6. The van der Waals surface area contributed by atoms with E-state index in [1.807, 2.05) is 19.1 Å². The van der Waals surface area contributed by atoms with Gasteiger partial charge in [0.2, 0.25) is 0 Å². The van der Waals surface area contributed by atoms with Crippen molar-refractivity contribution in [1.29, 1.82) is 0 Å². The summed E-state index contributed by atoms with van der Waals surface area (Å²) in [5.74, 6) is -2.05. The van der Waals surface area contributed by atoms with Gasteiger partial charge in [-0.3, -0.25) is 0 Å². The van der Waals surface area contributed by atoms with Crippen LogP contribution in [-0.2, 0) is 0 Å². The van der Waals surface area contributed by atoms with Crippen molar-refractivity contribution < 1.29 is 8.78 Å². The molecule has 2 aromatic rings. The molecular weight excluding hydrogens is 346 g/mol. The molecule has 0 aliphatic heterocycles. The third kappa shape index (κ3) is 2.96. The molecule has 2 rings (SSSR count). The van der Waals surface area contributed by atoms with E-state index < -0.39 is 11.6 Å². The zero-order valence-corrected chi connectivity index (χ0v) is 12.9. The summed E-state index contributed by atoms with van der Waals surface area (Å²) >= 11 is 8.04. The van der Waals surface area contributed by atoms with E-state index in [1.54, 1.807) is 6.07 Å². The fraction of sp³-hybridized carbons (Fsp3) is 0.0714. The van der Waals surface area contributed by atoms with E-state index >= 15 is 0 Å². The molecule has 0 radical (unpaired) electrons. The molecule has 0 amide bonds. The molecule has 20 heavy (non-hydrogen) atoms. The van der Waals surface area contributed by atoms with E-state index in [0.717, 1.165) is 10.0 Å². The van der Waals surface area contributed by atoms with Crippen molar-refractivity contribution in [2.45, 2.75) is 6.92 Å². The molecule has 2 aromatic carbocycles. The first-order valence-electron chi connectivity index (χ1n) is 5.71. The number of rotatable bonds is 3. The molecule has 0 aliphatic rings. The Morgan fingerprint density at radius 2 is 1.90 bits per heavy atom. The third-order valence-corrected chi connectivity index (χ3v) is 3.89. The highest BCUT2D eigenvalue weighted by molar-refractivity contribution is 9.10. The van der Waals surface area contributed by atoms with Crippen LogP contribution < -0.4 is 11.1 Å². The van der Waals surface area contributed by atoms with Gasteiger partial charge in [0.25, 0.3) is 0 Å². The minimum atomic E-state index is -1.05. The van der Waals surface area contributed by atoms with Gasteiger partial charge in [-0.15, -0.1) is 0 Å². The number of aryl methyl sites for hydroxylation is 1. The largest absolute Gasteiger partial charge is 0.389 e. The molecule has 0 aliphatic carbocycles. The van der Waals surface area contributed by atoms with Crippen molar-refractivity contribution in [1.82, 2.24) is 0 Å². The quantitative estimate of drug-likeness (QED) is 0.799. The topological polar surface area (TPSA) is 38.0 Å². The van der Waals surface area contributed by atoms with Gasteiger partial charge < -0.3 is 11.1 Å². The van der Waals surface area contributed by atoms with E-state index in [2.05, 4.69) is 33.5 Å². The number of hydrogen-bond acceptors (Lipinski definition) is 2. The van der Waals surface area contributed by atoms with Crippen molar-refractivity contribution >= 4 is 44.5 Å². The van der Waals surface area contributed by atoms with E-state index in [9.17, 15) is 8.78 Å². The van der Waals surface area contributed by atoms with Crippen LogP contribution in [0.3, 0.4) is 0 Å². The predicted molar refractivity (Wildman–Crippen MR) is 84.4 cm³/mol. The van der Waals surface area contributed by atoms with Gasteiger partial charge in [-0.2, -0.15) is 0 Å². The first-order chi connectivity index (χ1) is 9.40. The number of benzene rings is 2. The second-order valence-corrected chi connectivity index (χ2v) is 5.54. The second-order valence-electron chi connectivity index (χ2n) is 4.24. The first kappa shape index (κ1) is 14.9. The molecular formula is C14H11BrF2N2S. The van der Waals surface area contributed by atoms with Crippen molar-refractivity contribution in [3.63, 3.8) is 0 Å². The van der Waals surface area contributed by atoms with Crippen LogP contribution in [0, 0.1) is 18.6 Å². The molecule has 0 fully saturated rings. The minimum absolute atomic E-state index is 0.0317. The zero-order chi connectivity index (χ0) is 14.9. The maximum Gasteiger partial charge on any atom is 0.182 e. The van der Waals surface area contributed by atoms with Gasteiger partial charge in [-0.25, -0.2) is 8.78 Å². The smallest absolute Gasteiger partial charge is 0.182 e. The lowest BCUT2D eigenvalue weighted by Gasteiger charge is -2.11. The molecule has 0 heterocycles. The van der Waals surface area contributed by atoms with Crippen LogP contribution in [0.25, 0.3) is 0 Å². The number of thiocarbonyl (C=S) groups is 1. The van der Waals surface area contributed by atoms with Crippen molar-refractivity contribution in [2.24, 2.45) is 5.73 Å². The number of halogens is 3. The molecule has 6 heteroatoms. The second kappa shape index (κ2) is 5.85. The molecule has 2 nitrogen and oxygen atoms in total. The summed E-state index contributed by atoms with van der Waals surface area (Å²) in [7, 11) is 0. The Hall–Kier alpha value is -1.53. The summed E-state index contributed by atoms with van der Waals surface area (Å²) in [4.78, 5) is -0.174. The lowest BCUT2D eigenvalue weighted by Crippen LogP contribution is -2.13. The lowest BCUT2D eigenvalue weighted by atomic mass is 10.1. The van der Waals surface area contributed by atoms with Crippen molar-refractivity contribution in [3.8, 4) is 0 Å². The van der Waals surface area contributed by atoms with Crippen LogP contribution in [0.15, 0.2) is 34.8 Å². The van der Waals surface area contributed by atoms with Crippen LogP contribution in [0.1, 0.15) is 11.1 Å². The van der Waals surface area contributed by atoms with Crippen molar-refractivity contribution in [3.05, 3.63) is 57.6 Å². The Labute approximate surface area is 129 Å². The molecule has 0 unspecified atom stereocenters. The Kier molecular flexibility index (Phi) is 4.35. The molecule has 3 N–H and O–H groups in total. The van der Waals surface area contributed by atoms with Crippen LogP contribution in [0.2, 0.25) is 0 Å². The van der Waals surface area contributed by atoms with Crippen molar-refractivity contribution in [2.75, 3.05) is 5.32 Å². The standard InChI is InChI=1S/C14H11BrF2N2S/c1-7-6-8(2-4-10(7)15)19-11-5-3-9(14(18)20)12(16)13(11)17/h2-6,19H,1H3,(H2,18,20). The lowest BCUT2D eigenvalue weighted by molar-refractivity contribution is 0.510. The average molecular weight is 357 g/mol. The van der Waals surface area contributed by atoms with Gasteiger partial charge >= 0.3 is 0 Å². The zero-order valence-electron chi connectivity index (χ0n) is 10.5. The maximum atomic E-state index is 13.9. The highest BCUT2D eigenvalue weighted by Crippen LogP contribution is 2.26. The van der Waals surface area contributed by atoms with Crippen LogP contribution >= 0.6 is 28.1 Å². The first-order valence-corrected chi connectivity index (χ1v) is 6.91. The number of hydrogen-bond donors (Lipinski definition) is 2. The van der Waals surface area contributed by atoms with Crippen LogP contribution in [-0.4, -0.2) is 4.99 Å². The molecule has 0 spiro atoms. The SMILES string of the molecule is Cc1cc(Nc2ccc(C(N)=S)c(F)c2F)ccc1Br. The predicted octanol–water partition coefficient (Wildman–Crippen LogP) is 4.41. The molecule has 0 bridgehead atoms. The Morgan fingerprint density at radius 3 is 2.50 bits per heavy atom. The van der Waals surface area contributed by atoms with Gasteiger partial charge in [-0.1, -0.05) is 28.1 Å². The summed E-state index contributed by atoms with van der Waals surface area (Å²) in [6, 6.07) is 8.17. The monoisotopic (exact) mass is 356 g/mol. The molecule has 0 atom stereocenters. The fourth-order valence-corrected chi connectivity index (χ4v) is 2.12. The highest BCUT2D eigenvalue weighted by Gasteiger charge is 2.15. The molecule has 104 valence electrons. The van der Waals surface area contributed by atoms with Gasteiger partial charge in [0, 0.05) is 15.7 Å². The number of nitrogens with one attached hydrogen (secondary N) is 1. The summed E-state index contributed by atoms with van der Waals surface area (Å²) in [6.07, 6.45) is 0. The Balaban J connectivity index is 2.37. The van der Waals surface area contributed by atoms with E-state index in [-0.39, 0.29) is 16.2 Å². The maximum absolute atomic E-state index is 13.9. The average Bonchev–Trinajstić information content (AvgIpc) is 2.39. The van der Waals surface area contributed by atoms with Gasteiger partial charge in [0.15, 0.2) is 11.6 Å². The highest BCUT2D eigenvalue weighted by atomic mass is 79.9. The summed E-state index contributed by atoms with van der Waals surface area (Å²) in [6.45, 7) is 1.90. The number of nitrogens with two attached hydrogens (primary N) is 1. The Morgan fingerprint density at radius 1 is 1.20 bits per heavy atom. The normalized spacial score (nSPS) is 10.4.